The number of amides is 2. The average Bonchev–Trinajstić information content (AvgIpc) is 3.15. The van der Waals surface area contributed by atoms with E-state index in [2.05, 4.69) is 16.0 Å². The molecule has 0 aliphatic carbocycles. The van der Waals surface area contributed by atoms with Crippen LogP contribution in [0.4, 0.5) is 0 Å². The highest BCUT2D eigenvalue weighted by molar-refractivity contribution is 5.95. The van der Waals surface area contributed by atoms with Crippen molar-refractivity contribution in [2.75, 3.05) is 20.1 Å². The van der Waals surface area contributed by atoms with Gasteiger partial charge in [0.25, 0.3) is 5.91 Å². The van der Waals surface area contributed by atoms with Gasteiger partial charge < -0.3 is 16.0 Å². The number of benzene rings is 2. The monoisotopic (exact) mass is 337 g/mol. The van der Waals surface area contributed by atoms with Crippen LogP contribution in [-0.4, -0.2) is 38.0 Å². The second-order valence-corrected chi connectivity index (χ2v) is 6.29. The van der Waals surface area contributed by atoms with Gasteiger partial charge in [0.1, 0.15) is 0 Å². The highest BCUT2D eigenvalue weighted by atomic mass is 16.2. The molecule has 5 nitrogen and oxygen atoms in total. The molecule has 3 N–H and O–H groups in total. The summed E-state index contributed by atoms with van der Waals surface area (Å²) in [6.45, 7) is 1.80. The van der Waals surface area contributed by atoms with Crippen molar-refractivity contribution in [3.05, 3.63) is 59.7 Å². The van der Waals surface area contributed by atoms with Crippen molar-refractivity contribution in [2.24, 2.45) is 0 Å². The van der Waals surface area contributed by atoms with Gasteiger partial charge in [0.2, 0.25) is 5.91 Å². The van der Waals surface area contributed by atoms with Gasteiger partial charge in [-0.3, -0.25) is 9.59 Å². The third-order valence-corrected chi connectivity index (χ3v) is 4.47. The minimum absolute atomic E-state index is 0.000535. The van der Waals surface area contributed by atoms with E-state index < -0.39 is 0 Å². The average molecular weight is 337 g/mol. The van der Waals surface area contributed by atoms with Crippen molar-refractivity contribution < 1.29 is 9.59 Å². The third-order valence-electron chi connectivity index (χ3n) is 4.47. The Morgan fingerprint density at radius 1 is 1.04 bits per heavy atom. The van der Waals surface area contributed by atoms with Gasteiger partial charge >= 0.3 is 0 Å². The first-order valence-corrected chi connectivity index (χ1v) is 8.57. The summed E-state index contributed by atoms with van der Waals surface area (Å²) in [5, 5.41) is 8.91. The van der Waals surface area contributed by atoms with Crippen molar-refractivity contribution in [1.82, 2.24) is 16.0 Å². The van der Waals surface area contributed by atoms with E-state index >= 15 is 0 Å². The summed E-state index contributed by atoms with van der Waals surface area (Å²) in [6.07, 6.45) is 1.36. The lowest BCUT2D eigenvalue weighted by Crippen LogP contribution is -2.36. The smallest absolute Gasteiger partial charge is 0.251 e. The summed E-state index contributed by atoms with van der Waals surface area (Å²) >= 11 is 0. The van der Waals surface area contributed by atoms with Gasteiger partial charge in [0, 0.05) is 25.2 Å². The molecule has 2 amide bonds. The first kappa shape index (κ1) is 17.2. The van der Waals surface area contributed by atoms with Gasteiger partial charge in [-0.05, 0) is 41.8 Å². The summed E-state index contributed by atoms with van der Waals surface area (Å²) in [5.74, 6) is -0.0262. The second kappa shape index (κ2) is 7.94. The van der Waals surface area contributed by atoms with Crippen molar-refractivity contribution >= 4 is 11.8 Å². The van der Waals surface area contributed by atoms with Gasteiger partial charge in [-0.25, -0.2) is 0 Å². The zero-order chi connectivity index (χ0) is 17.6. The van der Waals surface area contributed by atoms with Crippen LogP contribution in [0.25, 0.3) is 11.1 Å². The van der Waals surface area contributed by atoms with E-state index in [-0.39, 0.29) is 17.9 Å². The molecule has 0 bridgehead atoms. The molecule has 0 spiro atoms. The van der Waals surface area contributed by atoms with Crippen molar-refractivity contribution in [2.45, 2.75) is 18.9 Å². The number of hydrogen-bond donors (Lipinski definition) is 3. The molecule has 1 saturated heterocycles. The first-order valence-electron chi connectivity index (χ1n) is 8.57. The van der Waals surface area contributed by atoms with Crippen LogP contribution >= 0.6 is 0 Å². The number of nitrogens with one attached hydrogen (secondary N) is 3. The molecule has 1 aliphatic heterocycles. The van der Waals surface area contributed by atoms with Gasteiger partial charge in [0.05, 0.1) is 6.42 Å². The summed E-state index contributed by atoms with van der Waals surface area (Å²) in [5.41, 5.74) is 3.76. The quantitative estimate of drug-likeness (QED) is 0.778. The van der Waals surface area contributed by atoms with Gasteiger partial charge in [-0.2, -0.15) is 0 Å². The molecular weight excluding hydrogens is 314 g/mol. The molecule has 1 heterocycles. The number of carbonyl (C=O) groups excluding carboxylic acids is 2. The topological polar surface area (TPSA) is 70.2 Å². The van der Waals surface area contributed by atoms with Crippen LogP contribution in [0.2, 0.25) is 0 Å². The Bertz CT molecular complexity index is 733. The maximum absolute atomic E-state index is 12.2. The Balaban J connectivity index is 1.65. The van der Waals surface area contributed by atoms with Crippen LogP contribution < -0.4 is 16.0 Å². The van der Waals surface area contributed by atoms with Gasteiger partial charge in [-0.1, -0.05) is 36.4 Å². The second-order valence-electron chi connectivity index (χ2n) is 6.29. The number of likely N-dealkylation sites (N-methyl/N-ethyl adjacent to an activating group) is 1. The first-order chi connectivity index (χ1) is 12.2. The van der Waals surface area contributed by atoms with Crippen molar-refractivity contribution in [3.8, 4) is 11.1 Å². The standard InChI is InChI=1S/C20H23N3O2/c1-21-19(24)12-14-2-4-15(5-3-14)16-6-8-17(9-7-16)20(25)23-18-10-11-22-13-18/h2-9,18,22H,10-13H2,1H3,(H,21,24)(H,23,25)/t18-/m0/s1. The van der Waals surface area contributed by atoms with Crippen molar-refractivity contribution in [1.29, 1.82) is 0 Å². The van der Waals surface area contributed by atoms with Crippen LogP contribution in [0.3, 0.4) is 0 Å². The number of rotatable bonds is 5. The Morgan fingerprint density at radius 3 is 2.24 bits per heavy atom. The third kappa shape index (κ3) is 4.45. The summed E-state index contributed by atoms with van der Waals surface area (Å²) in [4.78, 5) is 23.7. The molecule has 1 atom stereocenters. The van der Waals surface area contributed by atoms with E-state index in [1.54, 1.807) is 7.05 Å². The molecule has 0 unspecified atom stereocenters. The highest BCUT2D eigenvalue weighted by Gasteiger charge is 2.17. The fraction of sp³-hybridized carbons (Fsp3) is 0.300. The molecular formula is C20H23N3O2. The number of carbonyl (C=O) groups is 2. The van der Waals surface area contributed by atoms with Crippen LogP contribution in [0.5, 0.6) is 0 Å². The lowest BCUT2D eigenvalue weighted by Gasteiger charge is -2.11. The van der Waals surface area contributed by atoms with E-state index in [1.165, 1.54) is 0 Å². The molecule has 0 aromatic heterocycles. The molecule has 0 radical (unpaired) electrons. The largest absolute Gasteiger partial charge is 0.359 e. The summed E-state index contributed by atoms with van der Waals surface area (Å²) in [6, 6.07) is 15.7. The van der Waals surface area contributed by atoms with E-state index in [9.17, 15) is 9.59 Å². The Hall–Kier alpha value is -2.66. The number of hydrogen-bond acceptors (Lipinski definition) is 3. The molecule has 2 aromatic rings. The minimum Gasteiger partial charge on any atom is -0.359 e. The highest BCUT2D eigenvalue weighted by Crippen LogP contribution is 2.20. The predicted octanol–water partition coefficient (Wildman–Crippen LogP) is 1.73. The molecule has 2 aromatic carbocycles. The van der Waals surface area contributed by atoms with Crippen molar-refractivity contribution in [3.63, 3.8) is 0 Å². The van der Waals surface area contributed by atoms with E-state index in [0.29, 0.717) is 12.0 Å². The predicted molar refractivity (Wildman–Crippen MR) is 98.4 cm³/mol. The van der Waals surface area contributed by atoms with E-state index in [0.717, 1.165) is 36.2 Å². The lowest BCUT2D eigenvalue weighted by atomic mass is 10.0. The van der Waals surface area contributed by atoms with Crippen LogP contribution in [0.1, 0.15) is 22.3 Å². The molecule has 3 rings (SSSR count). The molecule has 5 heteroatoms. The molecule has 25 heavy (non-hydrogen) atoms. The molecule has 1 aliphatic rings. The zero-order valence-corrected chi connectivity index (χ0v) is 14.3. The Morgan fingerprint density at radius 2 is 1.68 bits per heavy atom. The van der Waals surface area contributed by atoms with Gasteiger partial charge in [-0.15, -0.1) is 0 Å². The molecule has 1 fully saturated rings. The van der Waals surface area contributed by atoms with Gasteiger partial charge in [0.15, 0.2) is 0 Å². The lowest BCUT2D eigenvalue weighted by molar-refractivity contribution is -0.119. The fourth-order valence-electron chi connectivity index (χ4n) is 2.95. The SMILES string of the molecule is CNC(=O)Cc1ccc(-c2ccc(C(=O)N[C@H]3CCNC3)cc2)cc1. The van der Waals surface area contributed by atoms with E-state index in [1.807, 2.05) is 48.5 Å². The fourth-order valence-corrected chi connectivity index (χ4v) is 2.95. The minimum atomic E-state index is -0.0267. The maximum Gasteiger partial charge on any atom is 0.251 e. The summed E-state index contributed by atoms with van der Waals surface area (Å²) in [7, 11) is 1.64. The Kier molecular flexibility index (Phi) is 5.46. The molecule has 0 saturated carbocycles. The molecule has 130 valence electrons. The summed E-state index contributed by atoms with van der Waals surface area (Å²) < 4.78 is 0. The maximum atomic E-state index is 12.2. The van der Waals surface area contributed by atoms with Crippen LogP contribution in [0, 0.1) is 0 Å². The van der Waals surface area contributed by atoms with E-state index in [4.69, 9.17) is 0 Å². The van der Waals surface area contributed by atoms with Crippen LogP contribution in [0.15, 0.2) is 48.5 Å². The normalized spacial score (nSPS) is 16.4. The Labute approximate surface area is 147 Å². The van der Waals surface area contributed by atoms with Crippen LogP contribution in [-0.2, 0) is 11.2 Å². The zero-order valence-electron chi connectivity index (χ0n) is 14.3.